The van der Waals surface area contributed by atoms with E-state index in [1.807, 2.05) is 48.5 Å². The molecule has 0 unspecified atom stereocenters. The number of aromatic nitrogens is 2. The van der Waals surface area contributed by atoms with Gasteiger partial charge in [-0.25, -0.2) is 4.98 Å². The predicted octanol–water partition coefficient (Wildman–Crippen LogP) is 5.63. The van der Waals surface area contributed by atoms with E-state index in [2.05, 4.69) is 29.2 Å². The third kappa shape index (κ3) is 4.18. The second-order valence-corrected chi connectivity index (χ2v) is 8.54. The van der Waals surface area contributed by atoms with Gasteiger partial charge in [0.15, 0.2) is 5.13 Å². The molecule has 0 N–H and O–H groups in total. The number of hydrogen-bond donors (Lipinski definition) is 0. The molecule has 0 atom stereocenters. The van der Waals surface area contributed by atoms with Crippen molar-refractivity contribution in [2.45, 2.75) is 13.0 Å². The number of benzene rings is 3. The molecule has 32 heavy (non-hydrogen) atoms. The van der Waals surface area contributed by atoms with Crippen LogP contribution in [-0.2, 0) is 17.8 Å². The maximum absolute atomic E-state index is 13.5. The fourth-order valence-corrected chi connectivity index (χ4v) is 4.66. The van der Waals surface area contributed by atoms with Gasteiger partial charge in [0.1, 0.15) is 5.75 Å². The van der Waals surface area contributed by atoms with E-state index in [0.717, 1.165) is 37.9 Å². The first kappa shape index (κ1) is 20.2. The molecule has 0 saturated heterocycles. The van der Waals surface area contributed by atoms with Crippen LogP contribution in [0, 0.1) is 0 Å². The standard InChI is InChI=1S/C26H21N3O2S/c1-31-22-10-11-24-23(15-22)28-26(32-24)29(17-19-5-4-12-27-16-19)25(30)14-18-8-9-20-6-2-3-7-21(20)13-18/h2-13,15-16H,14,17H2,1H3. The van der Waals surface area contributed by atoms with Crippen molar-refractivity contribution in [1.82, 2.24) is 9.97 Å². The summed E-state index contributed by atoms with van der Waals surface area (Å²) in [5.41, 5.74) is 2.75. The second kappa shape index (κ2) is 8.77. The first-order chi connectivity index (χ1) is 15.7. The molecule has 0 bridgehead atoms. The van der Waals surface area contributed by atoms with Crippen LogP contribution in [0.3, 0.4) is 0 Å². The van der Waals surface area contributed by atoms with Crippen molar-refractivity contribution in [3.05, 3.63) is 96.3 Å². The Hall–Kier alpha value is -3.77. The Morgan fingerprint density at radius 3 is 2.66 bits per heavy atom. The molecule has 5 nitrogen and oxygen atoms in total. The number of carbonyl (C=O) groups is 1. The first-order valence-electron chi connectivity index (χ1n) is 10.3. The Balaban J connectivity index is 1.49. The van der Waals surface area contributed by atoms with Crippen molar-refractivity contribution in [2.24, 2.45) is 0 Å². The Bertz CT molecular complexity index is 1400. The number of amides is 1. The molecule has 0 fully saturated rings. The number of methoxy groups -OCH3 is 1. The lowest BCUT2D eigenvalue weighted by atomic mass is 10.0. The lowest BCUT2D eigenvalue weighted by molar-refractivity contribution is -0.118. The summed E-state index contributed by atoms with van der Waals surface area (Å²) >= 11 is 1.50. The molecule has 0 aliphatic carbocycles. The van der Waals surface area contributed by atoms with E-state index >= 15 is 0 Å². The van der Waals surface area contributed by atoms with E-state index in [9.17, 15) is 4.79 Å². The number of ether oxygens (including phenoxy) is 1. The second-order valence-electron chi connectivity index (χ2n) is 7.53. The summed E-state index contributed by atoms with van der Waals surface area (Å²) in [5.74, 6) is 0.741. The van der Waals surface area contributed by atoms with E-state index in [-0.39, 0.29) is 5.91 Å². The molecule has 2 heterocycles. The van der Waals surface area contributed by atoms with Gasteiger partial charge in [0, 0.05) is 18.5 Å². The predicted molar refractivity (Wildman–Crippen MR) is 129 cm³/mol. The van der Waals surface area contributed by atoms with E-state index in [1.165, 1.54) is 11.3 Å². The van der Waals surface area contributed by atoms with Gasteiger partial charge in [-0.15, -0.1) is 0 Å². The van der Waals surface area contributed by atoms with Gasteiger partial charge in [-0.3, -0.25) is 14.7 Å². The summed E-state index contributed by atoms with van der Waals surface area (Å²) in [7, 11) is 1.64. The summed E-state index contributed by atoms with van der Waals surface area (Å²) in [5, 5.41) is 2.96. The van der Waals surface area contributed by atoms with Crippen molar-refractivity contribution in [1.29, 1.82) is 0 Å². The van der Waals surface area contributed by atoms with Gasteiger partial charge in [-0.1, -0.05) is 59.9 Å². The van der Waals surface area contributed by atoms with Gasteiger partial charge < -0.3 is 4.74 Å². The summed E-state index contributed by atoms with van der Waals surface area (Å²) in [6.07, 6.45) is 3.81. The fraction of sp³-hybridized carbons (Fsp3) is 0.115. The molecular formula is C26H21N3O2S. The molecule has 0 spiro atoms. The SMILES string of the molecule is COc1ccc2sc(N(Cc3cccnc3)C(=O)Cc3ccc4ccccc4c3)nc2c1. The molecule has 5 aromatic rings. The molecule has 0 saturated carbocycles. The van der Waals surface area contributed by atoms with Crippen molar-refractivity contribution >= 4 is 43.4 Å². The van der Waals surface area contributed by atoms with Gasteiger partial charge in [-0.2, -0.15) is 0 Å². The van der Waals surface area contributed by atoms with E-state index < -0.39 is 0 Å². The van der Waals surface area contributed by atoms with Crippen LogP contribution in [0.1, 0.15) is 11.1 Å². The number of rotatable bonds is 6. The molecule has 6 heteroatoms. The summed E-state index contributed by atoms with van der Waals surface area (Å²) in [6, 6.07) is 24.0. The van der Waals surface area contributed by atoms with Crippen LogP contribution in [0.5, 0.6) is 5.75 Å². The quantitative estimate of drug-likeness (QED) is 0.344. The van der Waals surface area contributed by atoms with Gasteiger partial charge in [0.05, 0.1) is 30.3 Å². The van der Waals surface area contributed by atoms with Crippen molar-refractivity contribution < 1.29 is 9.53 Å². The van der Waals surface area contributed by atoms with Gasteiger partial charge >= 0.3 is 0 Å². The number of carbonyl (C=O) groups excluding carboxylic acids is 1. The van der Waals surface area contributed by atoms with E-state index in [1.54, 1.807) is 24.4 Å². The first-order valence-corrected chi connectivity index (χ1v) is 11.1. The highest BCUT2D eigenvalue weighted by atomic mass is 32.1. The summed E-state index contributed by atoms with van der Waals surface area (Å²) in [4.78, 5) is 24.2. The number of hydrogen-bond acceptors (Lipinski definition) is 5. The third-order valence-electron chi connectivity index (χ3n) is 5.35. The molecule has 3 aromatic carbocycles. The average molecular weight is 440 g/mol. The highest BCUT2D eigenvalue weighted by Crippen LogP contribution is 2.32. The summed E-state index contributed by atoms with van der Waals surface area (Å²) < 4.78 is 6.33. The number of pyridine rings is 1. The zero-order chi connectivity index (χ0) is 21.9. The fourth-order valence-electron chi connectivity index (χ4n) is 3.69. The average Bonchev–Trinajstić information content (AvgIpc) is 3.26. The molecule has 158 valence electrons. The molecule has 5 rings (SSSR count). The Morgan fingerprint density at radius 2 is 1.84 bits per heavy atom. The zero-order valence-electron chi connectivity index (χ0n) is 17.6. The van der Waals surface area contributed by atoms with Crippen molar-refractivity contribution in [3.8, 4) is 5.75 Å². The highest BCUT2D eigenvalue weighted by Gasteiger charge is 2.21. The van der Waals surface area contributed by atoms with E-state index in [0.29, 0.717) is 18.1 Å². The largest absolute Gasteiger partial charge is 0.497 e. The number of nitrogens with zero attached hydrogens (tertiary/aromatic N) is 3. The van der Waals surface area contributed by atoms with Crippen LogP contribution in [0.25, 0.3) is 21.0 Å². The van der Waals surface area contributed by atoms with E-state index in [4.69, 9.17) is 9.72 Å². The van der Waals surface area contributed by atoms with Gasteiger partial charge in [0.2, 0.25) is 5.91 Å². The minimum atomic E-state index is -0.00449. The normalized spacial score (nSPS) is 11.0. The van der Waals surface area contributed by atoms with Crippen LogP contribution in [0.2, 0.25) is 0 Å². The van der Waals surface area contributed by atoms with Gasteiger partial charge in [0.25, 0.3) is 0 Å². The highest BCUT2D eigenvalue weighted by molar-refractivity contribution is 7.22. The van der Waals surface area contributed by atoms with Crippen LogP contribution in [0.4, 0.5) is 5.13 Å². The minimum Gasteiger partial charge on any atom is -0.497 e. The van der Waals surface area contributed by atoms with Crippen LogP contribution in [-0.4, -0.2) is 23.0 Å². The maximum atomic E-state index is 13.5. The Kier molecular flexibility index (Phi) is 5.52. The Morgan fingerprint density at radius 1 is 0.969 bits per heavy atom. The minimum absolute atomic E-state index is 0.00449. The zero-order valence-corrected chi connectivity index (χ0v) is 18.4. The van der Waals surface area contributed by atoms with Crippen LogP contribution in [0.15, 0.2) is 85.2 Å². The maximum Gasteiger partial charge on any atom is 0.233 e. The Labute approximate surface area is 189 Å². The van der Waals surface area contributed by atoms with Gasteiger partial charge in [-0.05, 0) is 40.1 Å². The molecule has 0 aliphatic heterocycles. The molecule has 0 aliphatic rings. The smallest absolute Gasteiger partial charge is 0.233 e. The van der Waals surface area contributed by atoms with Crippen LogP contribution >= 0.6 is 11.3 Å². The van der Waals surface area contributed by atoms with Crippen molar-refractivity contribution in [3.63, 3.8) is 0 Å². The lowest BCUT2D eigenvalue weighted by Gasteiger charge is -2.20. The summed E-state index contributed by atoms with van der Waals surface area (Å²) in [6.45, 7) is 0.414. The molecule has 1 amide bonds. The van der Waals surface area contributed by atoms with Crippen molar-refractivity contribution in [2.75, 3.05) is 12.0 Å². The number of thiazole rings is 1. The topological polar surface area (TPSA) is 55.3 Å². The lowest BCUT2D eigenvalue weighted by Crippen LogP contribution is -2.31. The number of anilines is 1. The third-order valence-corrected chi connectivity index (χ3v) is 6.41. The monoisotopic (exact) mass is 439 g/mol. The molecular weight excluding hydrogens is 418 g/mol. The number of fused-ring (bicyclic) bond motifs is 2. The molecule has 0 radical (unpaired) electrons. The van der Waals surface area contributed by atoms with Crippen LogP contribution < -0.4 is 9.64 Å². The molecule has 2 aromatic heterocycles.